The molecule has 1 amide bonds. The molecule has 0 saturated carbocycles. The highest BCUT2D eigenvalue weighted by molar-refractivity contribution is 9.10. The molecule has 2 rings (SSSR count). The predicted octanol–water partition coefficient (Wildman–Crippen LogP) is 1.58. The molecule has 0 aromatic heterocycles. The van der Waals surface area contributed by atoms with E-state index in [0.29, 0.717) is 26.1 Å². The van der Waals surface area contributed by atoms with E-state index in [2.05, 4.69) is 26.6 Å². The number of benzene rings is 1. The lowest BCUT2D eigenvalue weighted by Gasteiger charge is -2.23. The van der Waals surface area contributed by atoms with Gasteiger partial charge in [0.05, 0.1) is 19.1 Å². The molecule has 1 aliphatic rings. The number of ether oxygens (including phenoxy) is 1. The second-order valence-electron chi connectivity index (χ2n) is 4.41. The SMILES string of the molecule is O=C(CC1CNCCO1)NCc1cc(F)ccc1Br. The molecule has 4 nitrogen and oxygen atoms in total. The Labute approximate surface area is 119 Å². The molecule has 1 fully saturated rings. The van der Waals surface area contributed by atoms with E-state index in [1.54, 1.807) is 6.07 Å². The van der Waals surface area contributed by atoms with E-state index < -0.39 is 0 Å². The molecule has 0 bridgehead atoms. The first kappa shape index (κ1) is 14.4. The zero-order valence-electron chi connectivity index (χ0n) is 10.4. The van der Waals surface area contributed by atoms with Crippen molar-refractivity contribution in [3.05, 3.63) is 34.1 Å². The first-order chi connectivity index (χ1) is 9.15. The van der Waals surface area contributed by atoms with Crippen LogP contribution in [0.3, 0.4) is 0 Å². The van der Waals surface area contributed by atoms with Gasteiger partial charge in [-0.25, -0.2) is 4.39 Å². The second-order valence-corrected chi connectivity index (χ2v) is 5.27. The molecule has 1 atom stereocenters. The van der Waals surface area contributed by atoms with Crippen molar-refractivity contribution in [1.82, 2.24) is 10.6 Å². The topological polar surface area (TPSA) is 50.4 Å². The summed E-state index contributed by atoms with van der Waals surface area (Å²) in [5.74, 6) is -0.405. The van der Waals surface area contributed by atoms with E-state index in [1.807, 2.05) is 0 Å². The van der Waals surface area contributed by atoms with Gasteiger partial charge in [0, 0.05) is 24.1 Å². The summed E-state index contributed by atoms with van der Waals surface area (Å²) in [6.45, 7) is 2.45. The highest BCUT2D eigenvalue weighted by atomic mass is 79.9. The summed E-state index contributed by atoms with van der Waals surface area (Å²) < 4.78 is 19.3. The third kappa shape index (κ3) is 4.56. The smallest absolute Gasteiger partial charge is 0.222 e. The van der Waals surface area contributed by atoms with Crippen LogP contribution in [0.2, 0.25) is 0 Å². The van der Waals surface area contributed by atoms with Gasteiger partial charge in [0.25, 0.3) is 0 Å². The molecule has 2 N–H and O–H groups in total. The van der Waals surface area contributed by atoms with Gasteiger partial charge in [0.2, 0.25) is 5.91 Å². The van der Waals surface area contributed by atoms with Crippen molar-refractivity contribution in [2.75, 3.05) is 19.7 Å². The Morgan fingerprint density at radius 3 is 3.16 bits per heavy atom. The molecule has 0 radical (unpaired) electrons. The van der Waals surface area contributed by atoms with Crippen molar-refractivity contribution in [1.29, 1.82) is 0 Å². The Balaban J connectivity index is 1.81. The van der Waals surface area contributed by atoms with Crippen molar-refractivity contribution < 1.29 is 13.9 Å². The van der Waals surface area contributed by atoms with Crippen LogP contribution in [0.1, 0.15) is 12.0 Å². The number of hydrogen-bond acceptors (Lipinski definition) is 3. The van der Waals surface area contributed by atoms with E-state index in [9.17, 15) is 9.18 Å². The van der Waals surface area contributed by atoms with Crippen LogP contribution in [0.15, 0.2) is 22.7 Å². The number of morpholine rings is 1. The van der Waals surface area contributed by atoms with Gasteiger partial charge >= 0.3 is 0 Å². The molecule has 1 saturated heterocycles. The van der Waals surface area contributed by atoms with Gasteiger partial charge in [0.1, 0.15) is 5.82 Å². The molecule has 1 aromatic rings. The lowest BCUT2D eigenvalue weighted by Crippen LogP contribution is -2.41. The fourth-order valence-corrected chi connectivity index (χ4v) is 2.29. The van der Waals surface area contributed by atoms with Gasteiger partial charge in [0.15, 0.2) is 0 Å². The number of amides is 1. The van der Waals surface area contributed by atoms with Gasteiger partial charge in [-0.1, -0.05) is 15.9 Å². The van der Waals surface area contributed by atoms with E-state index in [4.69, 9.17) is 4.74 Å². The lowest BCUT2D eigenvalue weighted by atomic mass is 10.2. The van der Waals surface area contributed by atoms with Crippen molar-refractivity contribution in [3.8, 4) is 0 Å². The quantitative estimate of drug-likeness (QED) is 0.881. The summed E-state index contributed by atoms with van der Waals surface area (Å²) in [7, 11) is 0. The molecule has 104 valence electrons. The maximum absolute atomic E-state index is 13.1. The molecule has 6 heteroatoms. The van der Waals surface area contributed by atoms with Crippen molar-refractivity contribution in [2.45, 2.75) is 19.1 Å². The Morgan fingerprint density at radius 1 is 1.58 bits per heavy atom. The summed E-state index contributed by atoms with van der Waals surface area (Å²) >= 11 is 3.33. The van der Waals surface area contributed by atoms with Crippen molar-refractivity contribution >= 4 is 21.8 Å². The zero-order chi connectivity index (χ0) is 13.7. The van der Waals surface area contributed by atoms with E-state index >= 15 is 0 Å². The monoisotopic (exact) mass is 330 g/mol. The number of hydrogen-bond donors (Lipinski definition) is 2. The summed E-state index contributed by atoms with van der Waals surface area (Å²) in [5, 5.41) is 5.94. The number of halogens is 2. The van der Waals surface area contributed by atoms with Gasteiger partial charge in [-0.15, -0.1) is 0 Å². The molecule has 1 aromatic carbocycles. The molecule has 0 aliphatic carbocycles. The summed E-state index contributed by atoms with van der Waals surface area (Å²) in [4.78, 5) is 11.8. The highest BCUT2D eigenvalue weighted by Gasteiger charge is 2.17. The molecular weight excluding hydrogens is 315 g/mol. The zero-order valence-corrected chi connectivity index (χ0v) is 12.0. The molecule has 19 heavy (non-hydrogen) atoms. The third-order valence-electron chi connectivity index (χ3n) is 2.90. The van der Waals surface area contributed by atoms with Gasteiger partial charge < -0.3 is 15.4 Å². The maximum Gasteiger partial charge on any atom is 0.222 e. The molecule has 0 spiro atoms. The maximum atomic E-state index is 13.1. The van der Waals surface area contributed by atoms with Crippen LogP contribution in [0, 0.1) is 5.82 Å². The summed E-state index contributed by atoms with van der Waals surface area (Å²) in [5.41, 5.74) is 0.719. The fraction of sp³-hybridized carbons (Fsp3) is 0.462. The van der Waals surface area contributed by atoms with E-state index in [-0.39, 0.29) is 17.8 Å². The van der Waals surface area contributed by atoms with Crippen LogP contribution >= 0.6 is 15.9 Å². The average Bonchev–Trinajstić information content (AvgIpc) is 2.41. The van der Waals surface area contributed by atoms with Crippen molar-refractivity contribution in [3.63, 3.8) is 0 Å². The van der Waals surface area contributed by atoms with Gasteiger partial charge in [-0.05, 0) is 23.8 Å². The summed E-state index contributed by atoms with van der Waals surface area (Å²) in [6, 6.07) is 4.41. The Kier molecular flexibility index (Phi) is 5.30. The number of rotatable bonds is 4. The Hall–Kier alpha value is -0.980. The number of carbonyl (C=O) groups excluding carboxylic acids is 1. The predicted molar refractivity (Wildman–Crippen MR) is 73.2 cm³/mol. The first-order valence-electron chi connectivity index (χ1n) is 6.18. The van der Waals surface area contributed by atoms with Crippen LogP contribution in [0.4, 0.5) is 4.39 Å². The lowest BCUT2D eigenvalue weighted by molar-refractivity contribution is -0.124. The standard InChI is InChI=1S/C13H16BrFN2O2/c14-12-2-1-10(15)5-9(12)7-17-13(18)6-11-8-16-3-4-19-11/h1-2,5,11,16H,3-4,6-8H2,(H,17,18). The van der Waals surface area contributed by atoms with Crippen LogP contribution < -0.4 is 10.6 Å². The normalized spacial score (nSPS) is 19.2. The van der Waals surface area contributed by atoms with Crippen LogP contribution in [-0.4, -0.2) is 31.7 Å². The first-order valence-corrected chi connectivity index (χ1v) is 6.97. The van der Waals surface area contributed by atoms with Crippen molar-refractivity contribution in [2.24, 2.45) is 0 Å². The Morgan fingerprint density at radius 2 is 2.42 bits per heavy atom. The Bertz CT molecular complexity index is 450. The van der Waals surface area contributed by atoms with Gasteiger partial charge in [-0.3, -0.25) is 4.79 Å². The minimum Gasteiger partial charge on any atom is -0.375 e. The fourth-order valence-electron chi connectivity index (χ4n) is 1.90. The highest BCUT2D eigenvalue weighted by Crippen LogP contribution is 2.17. The largest absolute Gasteiger partial charge is 0.375 e. The molecule has 1 unspecified atom stereocenters. The number of carbonyl (C=O) groups is 1. The van der Waals surface area contributed by atoms with Crippen LogP contribution in [0.5, 0.6) is 0 Å². The molecule has 1 heterocycles. The minimum absolute atomic E-state index is 0.0790. The molecular formula is C13H16BrFN2O2. The van der Waals surface area contributed by atoms with Crippen LogP contribution in [0.25, 0.3) is 0 Å². The average molecular weight is 331 g/mol. The minimum atomic E-state index is -0.313. The molecule has 1 aliphatic heterocycles. The summed E-state index contributed by atoms with van der Waals surface area (Å²) in [6.07, 6.45) is 0.240. The second kappa shape index (κ2) is 6.98. The van der Waals surface area contributed by atoms with E-state index in [1.165, 1.54) is 12.1 Å². The van der Waals surface area contributed by atoms with Crippen LogP contribution in [-0.2, 0) is 16.1 Å². The van der Waals surface area contributed by atoms with E-state index in [0.717, 1.165) is 16.6 Å². The third-order valence-corrected chi connectivity index (χ3v) is 3.67. The van der Waals surface area contributed by atoms with Gasteiger partial charge in [-0.2, -0.15) is 0 Å². The number of nitrogens with one attached hydrogen (secondary N) is 2.